The first-order valence-corrected chi connectivity index (χ1v) is 11.4. The van der Waals surface area contributed by atoms with Gasteiger partial charge in [-0.3, -0.25) is 19.7 Å². The molecule has 1 N–H and O–H groups in total. The van der Waals surface area contributed by atoms with Gasteiger partial charge in [-0.2, -0.15) is 0 Å². The third-order valence-electron chi connectivity index (χ3n) is 5.13. The minimum Gasteiger partial charge on any atom is -0.461 e. The van der Waals surface area contributed by atoms with E-state index in [0.717, 1.165) is 11.6 Å². The minimum absolute atomic E-state index is 0.0407. The van der Waals surface area contributed by atoms with Gasteiger partial charge in [0.15, 0.2) is 6.61 Å². The lowest BCUT2D eigenvalue weighted by Crippen LogP contribution is -2.44. The number of carbonyl (C=O) groups is 4. The highest BCUT2D eigenvalue weighted by Gasteiger charge is 2.28. The molecule has 1 amide bonds. The number of nitro benzene ring substituents is 1. The predicted octanol–water partition coefficient (Wildman–Crippen LogP) is 3.75. The first-order chi connectivity index (χ1) is 18.3. The number of rotatable bonds is 12. The standard InChI is InChI=1S/C27H24N2O9/c30-24(21-12-7-13-22(14-21)29(34)35)18-37-26(32)23(15-25(31)36-16-19-8-3-1-4-9-19)28-27(33)38-17-20-10-5-2-6-11-20/h1-14,23H,15-18H2,(H,28,33)/t23-/m1/s1. The number of ether oxygens (including phenoxy) is 3. The minimum atomic E-state index is -1.51. The maximum absolute atomic E-state index is 12.7. The number of esters is 2. The van der Waals surface area contributed by atoms with Crippen LogP contribution in [0.4, 0.5) is 10.5 Å². The Kier molecular flexibility index (Phi) is 10.1. The smallest absolute Gasteiger partial charge is 0.408 e. The fraction of sp³-hybridized carbons (Fsp3) is 0.185. The number of Topliss-reactive ketones (excluding diaryl/α,β-unsaturated/α-hetero) is 1. The van der Waals surface area contributed by atoms with Crippen LogP contribution in [0, 0.1) is 10.1 Å². The molecule has 11 nitrogen and oxygen atoms in total. The number of non-ortho nitro benzene ring substituents is 1. The summed E-state index contributed by atoms with van der Waals surface area (Å²) in [4.78, 5) is 60.1. The van der Waals surface area contributed by atoms with Crippen LogP contribution in [-0.2, 0) is 37.0 Å². The molecule has 3 aromatic carbocycles. The Labute approximate surface area is 217 Å². The summed E-state index contributed by atoms with van der Waals surface area (Å²) >= 11 is 0. The summed E-state index contributed by atoms with van der Waals surface area (Å²) in [5, 5.41) is 13.2. The quantitative estimate of drug-likeness (QED) is 0.124. The van der Waals surface area contributed by atoms with Crippen LogP contribution in [0.1, 0.15) is 27.9 Å². The summed E-state index contributed by atoms with van der Waals surface area (Å²) in [5.74, 6) is -2.60. The van der Waals surface area contributed by atoms with Gasteiger partial charge in [-0.25, -0.2) is 9.59 Å². The van der Waals surface area contributed by atoms with Crippen molar-refractivity contribution in [3.05, 3.63) is 112 Å². The zero-order valence-electron chi connectivity index (χ0n) is 20.1. The molecule has 0 saturated carbocycles. The van der Waals surface area contributed by atoms with Crippen molar-refractivity contribution in [2.45, 2.75) is 25.7 Å². The molecule has 0 aliphatic rings. The number of ketones is 1. The molecule has 0 aliphatic heterocycles. The van der Waals surface area contributed by atoms with E-state index in [0.29, 0.717) is 5.56 Å². The Hall–Kier alpha value is -5.06. The Morgan fingerprint density at radius 2 is 1.39 bits per heavy atom. The molecule has 0 saturated heterocycles. The average Bonchev–Trinajstić information content (AvgIpc) is 2.94. The van der Waals surface area contributed by atoms with Gasteiger partial charge in [0.25, 0.3) is 5.69 Å². The normalized spacial score (nSPS) is 11.1. The first kappa shape index (κ1) is 27.5. The molecule has 0 heterocycles. The van der Waals surface area contributed by atoms with Crippen molar-refractivity contribution in [3.8, 4) is 0 Å². The second kappa shape index (κ2) is 13.9. The van der Waals surface area contributed by atoms with Crippen LogP contribution < -0.4 is 5.32 Å². The highest BCUT2D eigenvalue weighted by Crippen LogP contribution is 2.14. The van der Waals surface area contributed by atoms with Crippen LogP contribution in [0.25, 0.3) is 0 Å². The molecule has 3 aromatic rings. The zero-order valence-corrected chi connectivity index (χ0v) is 20.1. The lowest BCUT2D eigenvalue weighted by Gasteiger charge is -2.17. The first-order valence-electron chi connectivity index (χ1n) is 11.4. The van der Waals surface area contributed by atoms with Crippen LogP contribution in [0.15, 0.2) is 84.9 Å². The van der Waals surface area contributed by atoms with E-state index in [2.05, 4.69) is 5.32 Å². The molecule has 3 rings (SSSR count). The van der Waals surface area contributed by atoms with Gasteiger partial charge in [0.05, 0.1) is 11.3 Å². The van der Waals surface area contributed by atoms with E-state index in [1.54, 1.807) is 60.7 Å². The number of nitrogens with zero attached hydrogens (tertiary/aromatic N) is 1. The van der Waals surface area contributed by atoms with Crippen molar-refractivity contribution in [2.75, 3.05) is 6.61 Å². The molecule has 0 unspecified atom stereocenters. The number of nitro groups is 1. The van der Waals surface area contributed by atoms with Crippen LogP contribution in [0.3, 0.4) is 0 Å². The van der Waals surface area contributed by atoms with E-state index in [4.69, 9.17) is 14.2 Å². The number of carbonyl (C=O) groups excluding carboxylic acids is 4. The third kappa shape index (κ3) is 8.86. The van der Waals surface area contributed by atoms with E-state index < -0.39 is 47.8 Å². The molecule has 38 heavy (non-hydrogen) atoms. The summed E-state index contributed by atoms with van der Waals surface area (Å²) in [5.41, 5.74) is 1.08. The van der Waals surface area contributed by atoms with E-state index in [1.807, 2.05) is 0 Å². The molecular weight excluding hydrogens is 496 g/mol. The van der Waals surface area contributed by atoms with Gasteiger partial charge in [-0.05, 0) is 11.1 Å². The highest BCUT2D eigenvalue weighted by molar-refractivity contribution is 5.99. The summed E-state index contributed by atoms with van der Waals surface area (Å²) in [6.45, 7) is -0.903. The van der Waals surface area contributed by atoms with Crippen molar-refractivity contribution in [3.63, 3.8) is 0 Å². The van der Waals surface area contributed by atoms with E-state index in [-0.39, 0.29) is 24.5 Å². The molecule has 0 spiro atoms. The van der Waals surface area contributed by atoms with E-state index in [1.165, 1.54) is 18.2 Å². The molecule has 196 valence electrons. The topological polar surface area (TPSA) is 151 Å². The maximum Gasteiger partial charge on any atom is 0.408 e. The molecule has 11 heteroatoms. The molecular formula is C27H24N2O9. The van der Waals surface area contributed by atoms with Gasteiger partial charge >= 0.3 is 18.0 Å². The number of hydrogen-bond donors (Lipinski definition) is 1. The van der Waals surface area contributed by atoms with Crippen LogP contribution in [-0.4, -0.2) is 41.4 Å². The monoisotopic (exact) mass is 520 g/mol. The molecule has 0 radical (unpaired) electrons. The Morgan fingerprint density at radius 1 is 0.789 bits per heavy atom. The van der Waals surface area contributed by atoms with Crippen molar-refractivity contribution in [1.82, 2.24) is 5.32 Å². The average molecular weight is 520 g/mol. The van der Waals surface area contributed by atoms with E-state index in [9.17, 15) is 29.3 Å². The Balaban J connectivity index is 1.61. The summed E-state index contributed by atoms with van der Waals surface area (Å²) < 4.78 is 15.3. The predicted molar refractivity (Wildman–Crippen MR) is 133 cm³/mol. The number of amides is 1. The van der Waals surface area contributed by atoms with Crippen molar-refractivity contribution < 1.29 is 38.3 Å². The largest absolute Gasteiger partial charge is 0.461 e. The number of alkyl carbamates (subject to hydrolysis) is 1. The number of benzene rings is 3. The lowest BCUT2D eigenvalue weighted by molar-refractivity contribution is -0.384. The van der Waals surface area contributed by atoms with Gasteiger partial charge in [0, 0.05) is 17.7 Å². The van der Waals surface area contributed by atoms with Gasteiger partial charge in [-0.1, -0.05) is 72.8 Å². The fourth-order valence-electron chi connectivity index (χ4n) is 3.18. The second-order valence-corrected chi connectivity index (χ2v) is 7.95. The van der Waals surface area contributed by atoms with Crippen molar-refractivity contribution >= 4 is 29.5 Å². The van der Waals surface area contributed by atoms with Gasteiger partial charge in [-0.15, -0.1) is 0 Å². The SMILES string of the molecule is O=C(C[C@@H](NC(=O)OCc1ccccc1)C(=O)OCC(=O)c1cccc([N+](=O)[O-])c1)OCc1ccccc1. The Bertz CT molecular complexity index is 1220. The Morgan fingerprint density at radius 3 is 2.00 bits per heavy atom. The zero-order chi connectivity index (χ0) is 27.3. The highest BCUT2D eigenvalue weighted by atomic mass is 16.6. The molecule has 1 atom stereocenters. The van der Waals surface area contributed by atoms with Crippen LogP contribution >= 0.6 is 0 Å². The molecule has 0 fully saturated rings. The summed E-state index contributed by atoms with van der Waals surface area (Å²) in [6.07, 6.45) is -1.58. The van der Waals surface area contributed by atoms with E-state index >= 15 is 0 Å². The van der Waals surface area contributed by atoms with Crippen LogP contribution in [0.2, 0.25) is 0 Å². The van der Waals surface area contributed by atoms with Crippen molar-refractivity contribution in [2.24, 2.45) is 0 Å². The fourth-order valence-corrected chi connectivity index (χ4v) is 3.18. The van der Waals surface area contributed by atoms with Gasteiger partial charge < -0.3 is 19.5 Å². The van der Waals surface area contributed by atoms with Gasteiger partial charge in [0.2, 0.25) is 5.78 Å². The van der Waals surface area contributed by atoms with Gasteiger partial charge in [0.1, 0.15) is 19.3 Å². The molecule has 0 bridgehead atoms. The molecule has 0 aliphatic carbocycles. The maximum atomic E-state index is 12.7. The van der Waals surface area contributed by atoms with Crippen molar-refractivity contribution in [1.29, 1.82) is 0 Å². The lowest BCUT2D eigenvalue weighted by atomic mass is 10.1. The second-order valence-electron chi connectivity index (χ2n) is 7.95. The summed E-state index contributed by atoms with van der Waals surface area (Å²) in [7, 11) is 0. The van der Waals surface area contributed by atoms with Crippen LogP contribution in [0.5, 0.6) is 0 Å². The number of hydrogen-bond acceptors (Lipinski definition) is 9. The molecule has 0 aromatic heterocycles. The number of nitrogens with one attached hydrogen (secondary N) is 1. The summed E-state index contributed by atoms with van der Waals surface area (Å²) in [6, 6.07) is 21.0. The third-order valence-corrected chi connectivity index (χ3v) is 5.13.